The molecule has 0 aliphatic carbocycles. The van der Waals surface area contributed by atoms with Gasteiger partial charge in [0.1, 0.15) is 6.61 Å². The van der Waals surface area contributed by atoms with Crippen molar-refractivity contribution in [2.24, 2.45) is 5.73 Å². The molecule has 0 aliphatic rings. The van der Waals surface area contributed by atoms with Crippen molar-refractivity contribution in [2.45, 2.75) is 20.4 Å². The maximum atomic E-state index is 11.4. The Morgan fingerprint density at radius 2 is 1.95 bits per heavy atom. The number of hydrogen-bond donors (Lipinski definition) is 1. The van der Waals surface area contributed by atoms with Gasteiger partial charge in [-0.1, -0.05) is 6.92 Å². The van der Waals surface area contributed by atoms with Gasteiger partial charge in [-0.25, -0.2) is 8.42 Å². The summed E-state index contributed by atoms with van der Waals surface area (Å²) in [6.07, 6.45) is 0. The maximum Gasteiger partial charge on any atom is 0.175 e. The second-order valence-electron chi connectivity index (χ2n) is 4.13. The number of ether oxygens (including phenoxy) is 2. The van der Waals surface area contributed by atoms with Crippen LogP contribution >= 0.6 is 15.9 Å². The third kappa shape index (κ3) is 4.96. The van der Waals surface area contributed by atoms with Gasteiger partial charge >= 0.3 is 0 Å². The molecule has 0 bridgehead atoms. The molecule has 0 radical (unpaired) electrons. The van der Waals surface area contributed by atoms with Crippen LogP contribution in [0, 0.1) is 0 Å². The Bertz CT molecular complexity index is 546. The Kier molecular flexibility index (Phi) is 6.78. The summed E-state index contributed by atoms with van der Waals surface area (Å²) in [6, 6.07) is 3.64. The summed E-state index contributed by atoms with van der Waals surface area (Å²) in [5.74, 6) is 1.17. The fourth-order valence-corrected chi connectivity index (χ4v) is 2.79. The quantitative estimate of drug-likeness (QED) is 0.763. The standard InChI is InChI=1S/C13H20BrNO4S/c1-3-18-12-8-10(9-15)7-11(14)13(12)19-5-6-20(16,17)4-2/h7-8H,3-6,9,15H2,1-2H3. The fourth-order valence-electron chi connectivity index (χ4n) is 1.56. The molecule has 114 valence electrons. The third-order valence-corrected chi connectivity index (χ3v) is 4.94. The normalized spacial score (nSPS) is 11.4. The summed E-state index contributed by atoms with van der Waals surface area (Å²) in [6.45, 7) is 4.46. The van der Waals surface area contributed by atoms with Crippen molar-refractivity contribution in [2.75, 3.05) is 24.7 Å². The molecule has 1 aromatic carbocycles. The minimum absolute atomic E-state index is 0.0137. The lowest BCUT2D eigenvalue weighted by atomic mass is 10.2. The van der Waals surface area contributed by atoms with Crippen molar-refractivity contribution in [3.05, 3.63) is 22.2 Å². The summed E-state index contributed by atoms with van der Waals surface area (Å²) in [7, 11) is -3.04. The molecule has 5 nitrogen and oxygen atoms in total. The number of benzene rings is 1. The van der Waals surface area contributed by atoms with Crippen molar-refractivity contribution in [1.29, 1.82) is 0 Å². The molecule has 0 aliphatic heterocycles. The van der Waals surface area contributed by atoms with Crippen LogP contribution in [-0.2, 0) is 16.4 Å². The molecular weight excluding hydrogens is 346 g/mol. The summed E-state index contributed by atoms with van der Waals surface area (Å²) < 4.78 is 34.7. The molecule has 0 aromatic heterocycles. The van der Waals surface area contributed by atoms with E-state index in [9.17, 15) is 8.42 Å². The zero-order valence-corrected chi connectivity index (χ0v) is 14.1. The Labute approximate surface area is 128 Å². The molecule has 20 heavy (non-hydrogen) atoms. The Morgan fingerprint density at radius 1 is 1.25 bits per heavy atom. The monoisotopic (exact) mass is 365 g/mol. The Hall–Kier alpha value is -0.790. The highest BCUT2D eigenvalue weighted by Crippen LogP contribution is 2.36. The predicted molar refractivity (Wildman–Crippen MR) is 83.0 cm³/mol. The van der Waals surface area contributed by atoms with E-state index in [-0.39, 0.29) is 18.1 Å². The highest BCUT2D eigenvalue weighted by Gasteiger charge is 2.14. The summed E-state index contributed by atoms with van der Waals surface area (Å²) in [5.41, 5.74) is 6.52. The van der Waals surface area contributed by atoms with E-state index in [0.29, 0.717) is 29.1 Å². The van der Waals surface area contributed by atoms with Crippen molar-refractivity contribution in [3.8, 4) is 11.5 Å². The topological polar surface area (TPSA) is 78.6 Å². The number of halogens is 1. The lowest BCUT2D eigenvalue weighted by molar-refractivity contribution is 0.286. The maximum absolute atomic E-state index is 11.4. The van der Waals surface area contributed by atoms with Gasteiger partial charge < -0.3 is 15.2 Å². The van der Waals surface area contributed by atoms with E-state index in [1.54, 1.807) is 13.0 Å². The molecule has 1 rings (SSSR count). The van der Waals surface area contributed by atoms with Gasteiger partial charge in [-0.15, -0.1) is 0 Å². The smallest absolute Gasteiger partial charge is 0.175 e. The first-order valence-corrected chi connectivity index (χ1v) is 9.03. The number of sulfone groups is 1. The lowest BCUT2D eigenvalue weighted by Gasteiger charge is -2.15. The Balaban J connectivity index is 2.87. The van der Waals surface area contributed by atoms with Crippen molar-refractivity contribution in [3.63, 3.8) is 0 Å². The van der Waals surface area contributed by atoms with Crippen molar-refractivity contribution in [1.82, 2.24) is 0 Å². The van der Waals surface area contributed by atoms with E-state index in [1.165, 1.54) is 0 Å². The van der Waals surface area contributed by atoms with Crippen LogP contribution in [0.5, 0.6) is 11.5 Å². The molecular formula is C13H20BrNO4S. The van der Waals surface area contributed by atoms with Crippen LogP contribution in [0.25, 0.3) is 0 Å². The molecule has 0 fully saturated rings. The highest BCUT2D eigenvalue weighted by atomic mass is 79.9. The van der Waals surface area contributed by atoms with E-state index >= 15 is 0 Å². The molecule has 2 N–H and O–H groups in total. The van der Waals surface area contributed by atoms with Crippen molar-refractivity contribution < 1.29 is 17.9 Å². The van der Waals surface area contributed by atoms with Gasteiger partial charge in [0.25, 0.3) is 0 Å². The van der Waals surface area contributed by atoms with Gasteiger partial charge in [-0.05, 0) is 40.5 Å². The minimum atomic E-state index is -3.04. The average molecular weight is 366 g/mol. The largest absolute Gasteiger partial charge is 0.490 e. The minimum Gasteiger partial charge on any atom is -0.490 e. The summed E-state index contributed by atoms with van der Waals surface area (Å²) >= 11 is 3.40. The first-order valence-electron chi connectivity index (χ1n) is 6.42. The van der Waals surface area contributed by atoms with Gasteiger partial charge in [0.2, 0.25) is 0 Å². The molecule has 0 unspecified atom stereocenters. The molecule has 0 amide bonds. The average Bonchev–Trinajstić information content (AvgIpc) is 2.41. The first kappa shape index (κ1) is 17.3. The number of hydrogen-bond acceptors (Lipinski definition) is 5. The molecule has 0 saturated heterocycles. The Morgan fingerprint density at radius 3 is 2.50 bits per heavy atom. The molecule has 1 aromatic rings. The third-order valence-electron chi connectivity index (χ3n) is 2.69. The second-order valence-corrected chi connectivity index (χ2v) is 7.45. The lowest BCUT2D eigenvalue weighted by Crippen LogP contribution is -2.16. The van der Waals surface area contributed by atoms with Crippen LogP contribution in [0.1, 0.15) is 19.4 Å². The predicted octanol–water partition coefficient (Wildman–Crippen LogP) is 2.12. The van der Waals surface area contributed by atoms with Gasteiger partial charge in [0.15, 0.2) is 21.3 Å². The number of rotatable bonds is 8. The van der Waals surface area contributed by atoms with Gasteiger partial charge in [-0.2, -0.15) is 0 Å². The van der Waals surface area contributed by atoms with Crippen LogP contribution in [-0.4, -0.2) is 33.1 Å². The van der Waals surface area contributed by atoms with Crippen LogP contribution in [0.15, 0.2) is 16.6 Å². The SMILES string of the molecule is CCOc1cc(CN)cc(Br)c1OCCS(=O)(=O)CC. The molecule has 0 heterocycles. The van der Waals surface area contributed by atoms with Crippen LogP contribution < -0.4 is 15.2 Å². The molecule has 0 spiro atoms. The highest BCUT2D eigenvalue weighted by molar-refractivity contribution is 9.10. The van der Waals surface area contributed by atoms with Crippen LogP contribution in [0.4, 0.5) is 0 Å². The molecule has 7 heteroatoms. The molecule has 0 atom stereocenters. The van der Waals surface area contributed by atoms with E-state index in [1.807, 2.05) is 13.0 Å². The van der Waals surface area contributed by atoms with Crippen LogP contribution in [0.2, 0.25) is 0 Å². The summed E-state index contributed by atoms with van der Waals surface area (Å²) in [5, 5.41) is 0. The van der Waals surface area contributed by atoms with Crippen molar-refractivity contribution >= 4 is 25.8 Å². The van der Waals surface area contributed by atoms with E-state index < -0.39 is 9.84 Å². The van der Waals surface area contributed by atoms with Crippen LogP contribution in [0.3, 0.4) is 0 Å². The zero-order valence-electron chi connectivity index (χ0n) is 11.7. The number of nitrogens with two attached hydrogens (primary N) is 1. The van der Waals surface area contributed by atoms with E-state index in [0.717, 1.165) is 5.56 Å². The second kappa shape index (κ2) is 7.85. The van der Waals surface area contributed by atoms with Gasteiger partial charge in [0.05, 0.1) is 16.8 Å². The van der Waals surface area contributed by atoms with E-state index in [4.69, 9.17) is 15.2 Å². The van der Waals surface area contributed by atoms with Gasteiger partial charge in [0, 0.05) is 12.3 Å². The van der Waals surface area contributed by atoms with Gasteiger partial charge in [-0.3, -0.25) is 0 Å². The molecule has 0 saturated carbocycles. The fraction of sp³-hybridized carbons (Fsp3) is 0.538. The van der Waals surface area contributed by atoms with E-state index in [2.05, 4.69) is 15.9 Å². The summed E-state index contributed by atoms with van der Waals surface area (Å²) in [4.78, 5) is 0. The first-order chi connectivity index (χ1) is 9.43. The zero-order chi connectivity index (χ0) is 15.2.